The van der Waals surface area contributed by atoms with E-state index in [1.165, 1.54) is 0 Å². The fourth-order valence-corrected chi connectivity index (χ4v) is 2.31. The van der Waals surface area contributed by atoms with Crippen molar-refractivity contribution >= 4 is 17.8 Å². The van der Waals surface area contributed by atoms with Crippen molar-refractivity contribution in [2.75, 3.05) is 6.61 Å². The van der Waals surface area contributed by atoms with Crippen LogP contribution in [0.5, 0.6) is 0 Å². The molecule has 122 valence electrons. The number of benzene rings is 2. The summed E-state index contributed by atoms with van der Waals surface area (Å²) in [6.07, 6.45) is -0.0553. The molecule has 1 aliphatic rings. The van der Waals surface area contributed by atoms with E-state index in [1.807, 2.05) is 30.3 Å². The highest BCUT2D eigenvalue weighted by Gasteiger charge is 2.36. The average Bonchev–Trinajstić information content (AvgIpc) is 2.86. The van der Waals surface area contributed by atoms with Crippen LogP contribution in [-0.2, 0) is 21.0 Å². The van der Waals surface area contributed by atoms with Crippen molar-refractivity contribution in [2.24, 2.45) is 0 Å². The third-order valence-electron chi connectivity index (χ3n) is 3.53. The monoisotopic (exact) mass is 325 g/mol. The average molecular weight is 325 g/mol. The molecule has 0 saturated heterocycles. The maximum Gasteiger partial charge on any atom is 0.308 e. The summed E-state index contributed by atoms with van der Waals surface area (Å²) in [6.45, 7) is 0.0613. The van der Waals surface area contributed by atoms with Gasteiger partial charge in [-0.05, 0) is 17.7 Å². The first kappa shape index (κ1) is 15.9. The summed E-state index contributed by atoms with van der Waals surface area (Å²) < 4.78 is 5.10. The lowest BCUT2D eigenvalue weighted by Crippen LogP contribution is -2.31. The molecule has 0 atom stereocenters. The molecule has 6 nitrogen and oxygen atoms in total. The smallest absolute Gasteiger partial charge is 0.308 e. The van der Waals surface area contributed by atoms with Gasteiger partial charge in [-0.2, -0.15) is 0 Å². The molecule has 0 radical (unpaired) electrons. The van der Waals surface area contributed by atoms with Crippen LogP contribution < -0.4 is 0 Å². The Morgan fingerprint density at radius 2 is 1.46 bits per heavy atom. The van der Waals surface area contributed by atoms with Crippen LogP contribution in [0.2, 0.25) is 0 Å². The summed E-state index contributed by atoms with van der Waals surface area (Å²) in [7, 11) is 0. The Balaban J connectivity index is 1.46. The maximum absolute atomic E-state index is 12.1. The Kier molecular flexibility index (Phi) is 4.67. The van der Waals surface area contributed by atoms with Crippen molar-refractivity contribution in [3.05, 3.63) is 71.3 Å². The van der Waals surface area contributed by atoms with Crippen LogP contribution in [0.1, 0.15) is 32.7 Å². The summed E-state index contributed by atoms with van der Waals surface area (Å²) in [4.78, 5) is 41.0. The standard InChI is InChI=1S/C18H15NO5/c20-16(23-12-13-6-2-1-3-7-13)10-11-24-19-17(21)14-8-4-5-9-15(14)18(19)22/h1-9H,10-12H2. The van der Waals surface area contributed by atoms with Crippen LogP contribution in [0.3, 0.4) is 0 Å². The Morgan fingerprint density at radius 1 is 0.875 bits per heavy atom. The number of hydrogen-bond donors (Lipinski definition) is 0. The first-order chi connectivity index (χ1) is 11.7. The number of carbonyl (C=O) groups is 3. The number of hydroxylamine groups is 2. The molecule has 0 aromatic heterocycles. The molecule has 6 heteroatoms. The van der Waals surface area contributed by atoms with Gasteiger partial charge >= 0.3 is 5.97 Å². The largest absolute Gasteiger partial charge is 0.461 e. The van der Waals surface area contributed by atoms with E-state index in [4.69, 9.17) is 9.57 Å². The number of fused-ring (bicyclic) bond motifs is 1. The number of hydrogen-bond acceptors (Lipinski definition) is 5. The minimum atomic E-state index is -0.520. The quantitative estimate of drug-likeness (QED) is 0.602. The lowest BCUT2D eigenvalue weighted by atomic mass is 10.1. The summed E-state index contributed by atoms with van der Waals surface area (Å²) in [6, 6.07) is 15.8. The first-order valence-corrected chi connectivity index (χ1v) is 7.47. The molecule has 2 amide bonds. The summed E-state index contributed by atoms with van der Waals surface area (Å²) in [5.41, 5.74) is 1.48. The summed E-state index contributed by atoms with van der Waals surface area (Å²) >= 11 is 0. The first-order valence-electron chi connectivity index (χ1n) is 7.47. The Hall–Kier alpha value is -2.99. The molecule has 1 aliphatic heterocycles. The van der Waals surface area contributed by atoms with E-state index in [1.54, 1.807) is 24.3 Å². The highest BCUT2D eigenvalue weighted by atomic mass is 16.7. The van der Waals surface area contributed by atoms with Crippen LogP contribution >= 0.6 is 0 Å². The van der Waals surface area contributed by atoms with Crippen molar-refractivity contribution in [1.82, 2.24) is 5.06 Å². The second-order valence-corrected chi connectivity index (χ2v) is 5.18. The van der Waals surface area contributed by atoms with E-state index in [2.05, 4.69) is 0 Å². The van der Waals surface area contributed by atoms with Gasteiger partial charge in [0.05, 0.1) is 24.2 Å². The molecule has 2 aromatic rings. The fourth-order valence-electron chi connectivity index (χ4n) is 2.31. The molecule has 0 fully saturated rings. The molecule has 0 unspecified atom stereocenters. The number of esters is 1. The fraction of sp³-hybridized carbons (Fsp3) is 0.167. The van der Waals surface area contributed by atoms with Gasteiger partial charge in [-0.15, -0.1) is 5.06 Å². The van der Waals surface area contributed by atoms with Crippen molar-refractivity contribution in [3.63, 3.8) is 0 Å². The van der Waals surface area contributed by atoms with Crippen molar-refractivity contribution in [2.45, 2.75) is 13.0 Å². The Bertz CT molecular complexity index is 737. The van der Waals surface area contributed by atoms with Gasteiger partial charge in [0.15, 0.2) is 0 Å². The molecule has 2 aromatic carbocycles. The van der Waals surface area contributed by atoms with Crippen molar-refractivity contribution in [3.8, 4) is 0 Å². The molecule has 3 rings (SSSR count). The minimum Gasteiger partial charge on any atom is -0.461 e. The summed E-state index contributed by atoms with van der Waals surface area (Å²) in [5.74, 6) is -1.50. The zero-order valence-electron chi connectivity index (χ0n) is 12.8. The summed E-state index contributed by atoms with van der Waals surface area (Å²) in [5, 5.41) is 0.690. The number of carbonyl (C=O) groups excluding carboxylic acids is 3. The van der Waals surface area contributed by atoms with E-state index in [-0.39, 0.29) is 19.6 Å². The third kappa shape index (κ3) is 3.33. The van der Waals surface area contributed by atoms with Gasteiger partial charge in [0.25, 0.3) is 11.8 Å². The number of ether oxygens (including phenoxy) is 1. The lowest BCUT2D eigenvalue weighted by Gasteiger charge is -2.13. The maximum atomic E-state index is 12.1. The van der Waals surface area contributed by atoms with Gasteiger partial charge in [-0.25, -0.2) is 0 Å². The predicted molar refractivity (Wildman–Crippen MR) is 83.7 cm³/mol. The van der Waals surface area contributed by atoms with Crippen molar-refractivity contribution in [1.29, 1.82) is 0 Å². The molecule has 1 heterocycles. The highest BCUT2D eigenvalue weighted by Crippen LogP contribution is 2.22. The molecular formula is C18H15NO5. The van der Waals surface area contributed by atoms with Crippen LogP contribution in [0.15, 0.2) is 54.6 Å². The van der Waals surface area contributed by atoms with Gasteiger partial charge in [0.1, 0.15) is 6.61 Å². The molecule has 0 saturated carbocycles. The van der Waals surface area contributed by atoms with E-state index < -0.39 is 17.8 Å². The zero-order chi connectivity index (χ0) is 16.9. The molecule has 0 aliphatic carbocycles. The number of amides is 2. The normalized spacial score (nSPS) is 13.1. The second-order valence-electron chi connectivity index (χ2n) is 5.18. The van der Waals surface area contributed by atoms with E-state index >= 15 is 0 Å². The van der Waals surface area contributed by atoms with Gasteiger partial charge in [0, 0.05) is 0 Å². The Labute approximate surface area is 138 Å². The van der Waals surface area contributed by atoms with Crippen LogP contribution in [0, 0.1) is 0 Å². The Morgan fingerprint density at radius 3 is 2.08 bits per heavy atom. The molecule has 24 heavy (non-hydrogen) atoms. The SMILES string of the molecule is O=C(CCON1C(=O)c2ccccc2C1=O)OCc1ccccc1. The molecule has 0 N–H and O–H groups in total. The zero-order valence-corrected chi connectivity index (χ0v) is 12.8. The third-order valence-corrected chi connectivity index (χ3v) is 3.53. The van der Waals surface area contributed by atoms with Crippen LogP contribution in [0.4, 0.5) is 0 Å². The van der Waals surface area contributed by atoms with E-state index in [9.17, 15) is 14.4 Å². The number of imide groups is 1. The van der Waals surface area contributed by atoms with Gasteiger partial charge in [0.2, 0.25) is 0 Å². The van der Waals surface area contributed by atoms with Crippen LogP contribution in [0.25, 0.3) is 0 Å². The van der Waals surface area contributed by atoms with Crippen molar-refractivity contribution < 1.29 is 24.0 Å². The molecule has 0 spiro atoms. The lowest BCUT2D eigenvalue weighted by molar-refractivity contribution is -0.150. The predicted octanol–water partition coefficient (Wildman–Crippen LogP) is 2.35. The molecule has 0 bridgehead atoms. The van der Waals surface area contributed by atoms with E-state index in [0.717, 1.165) is 5.56 Å². The van der Waals surface area contributed by atoms with Gasteiger partial charge < -0.3 is 4.74 Å². The molecular weight excluding hydrogens is 310 g/mol. The van der Waals surface area contributed by atoms with Gasteiger partial charge in [-0.1, -0.05) is 42.5 Å². The number of rotatable bonds is 6. The highest BCUT2D eigenvalue weighted by molar-refractivity contribution is 6.20. The topological polar surface area (TPSA) is 72.9 Å². The number of nitrogens with zero attached hydrogens (tertiary/aromatic N) is 1. The van der Waals surface area contributed by atoms with Crippen LogP contribution in [-0.4, -0.2) is 29.5 Å². The minimum absolute atomic E-state index is 0.0553. The second kappa shape index (κ2) is 7.06. The van der Waals surface area contributed by atoms with E-state index in [0.29, 0.717) is 16.2 Å². The van der Waals surface area contributed by atoms with Gasteiger partial charge in [-0.3, -0.25) is 19.2 Å².